The highest BCUT2D eigenvalue weighted by molar-refractivity contribution is 6.16. The standard InChI is InChI=1S/C12H28N2Si/c1-3-5-9-13-12(8-7-11-15)14-10-6-4-2/h7,11-14H,3-6,8-10H2,1-2,15H3. The van der Waals surface area contributed by atoms with Crippen molar-refractivity contribution in [2.75, 3.05) is 13.1 Å². The van der Waals surface area contributed by atoms with E-state index in [2.05, 4.69) is 36.3 Å². The molecule has 0 aliphatic carbocycles. The van der Waals surface area contributed by atoms with Crippen LogP contribution in [0.1, 0.15) is 46.0 Å². The van der Waals surface area contributed by atoms with E-state index in [4.69, 9.17) is 0 Å². The maximum atomic E-state index is 3.57. The highest BCUT2D eigenvalue weighted by Gasteiger charge is 2.03. The second-order valence-corrected chi connectivity index (χ2v) is 4.64. The number of hydrogen-bond donors (Lipinski definition) is 2. The molecule has 0 aliphatic heterocycles. The predicted octanol–water partition coefficient (Wildman–Crippen LogP) is 1.36. The monoisotopic (exact) mass is 228 g/mol. The SMILES string of the molecule is CCCCNC(CC=C[SiH3])NCCCC. The van der Waals surface area contributed by atoms with E-state index in [0.717, 1.165) is 19.5 Å². The Morgan fingerprint density at radius 2 is 1.60 bits per heavy atom. The van der Waals surface area contributed by atoms with Gasteiger partial charge in [-0.25, -0.2) is 0 Å². The molecule has 0 unspecified atom stereocenters. The van der Waals surface area contributed by atoms with Gasteiger partial charge in [-0.05, 0) is 32.4 Å². The Kier molecular flexibility index (Phi) is 11.9. The maximum Gasteiger partial charge on any atom is 0.0606 e. The average Bonchev–Trinajstić information content (AvgIpc) is 2.25. The van der Waals surface area contributed by atoms with Gasteiger partial charge in [0.2, 0.25) is 0 Å². The van der Waals surface area contributed by atoms with Gasteiger partial charge >= 0.3 is 0 Å². The quantitative estimate of drug-likeness (QED) is 0.335. The molecular formula is C12H28N2Si. The lowest BCUT2D eigenvalue weighted by Crippen LogP contribution is -2.42. The minimum atomic E-state index is 0.480. The molecule has 2 nitrogen and oxygen atoms in total. The molecule has 0 bridgehead atoms. The smallest absolute Gasteiger partial charge is 0.0606 e. The van der Waals surface area contributed by atoms with Crippen molar-refractivity contribution in [3.05, 3.63) is 11.8 Å². The first kappa shape index (κ1) is 14.9. The van der Waals surface area contributed by atoms with Crippen LogP contribution in [0, 0.1) is 0 Å². The van der Waals surface area contributed by atoms with Crippen molar-refractivity contribution in [2.45, 2.75) is 52.1 Å². The minimum absolute atomic E-state index is 0.480. The maximum absolute atomic E-state index is 3.57. The summed E-state index contributed by atoms with van der Waals surface area (Å²) >= 11 is 0. The third-order valence-corrected chi connectivity index (χ3v) is 2.92. The Labute approximate surface area is 98.3 Å². The second-order valence-electron chi connectivity index (χ2n) is 3.97. The topological polar surface area (TPSA) is 24.1 Å². The molecule has 2 N–H and O–H groups in total. The van der Waals surface area contributed by atoms with Crippen LogP contribution in [0.5, 0.6) is 0 Å². The molecule has 0 saturated carbocycles. The van der Waals surface area contributed by atoms with Gasteiger partial charge in [-0.1, -0.05) is 32.8 Å². The fourth-order valence-corrected chi connectivity index (χ4v) is 1.69. The van der Waals surface area contributed by atoms with E-state index in [1.807, 2.05) is 0 Å². The molecule has 0 heterocycles. The van der Waals surface area contributed by atoms with E-state index < -0.39 is 0 Å². The van der Waals surface area contributed by atoms with Gasteiger partial charge in [0.25, 0.3) is 0 Å². The van der Waals surface area contributed by atoms with Gasteiger partial charge in [0.15, 0.2) is 0 Å². The number of hydrogen-bond acceptors (Lipinski definition) is 2. The molecule has 0 amide bonds. The first-order chi connectivity index (χ1) is 7.35. The number of nitrogens with one attached hydrogen (secondary N) is 2. The van der Waals surface area contributed by atoms with Crippen LogP contribution < -0.4 is 10.6 Å². The zero-order chi connectivity index (χ0) is 11.4. The van der Waals surface area contributed by atoms with Crippen LogP contribution in [0.4, 0.5) is 0 Å². The highest BCUT2D eigenvalue weighted by Crippen LogP contribution is 1.93. The molecule has 0 aromatic heterocycles. The Morgan fingerprint density at radius 3 is 2.00 bits per heavy atom. The summed E-state index contributed by atoms with van der Waals surface area (Å²) in [6.07, 6.45) is 8.98. The van der Waals surface area contributed by atoms with E-state index in [9.17, 15) is 0 Å². The molecule has 0 atom stereocenters. The van der Waals surface area contributed by atoms with E-state index in [-0.39, 0.29) is 0 Å². The molecule has 15 heavy (non-hydrogen) atoms. The molecule has 0 aromatic rings. The number of rotatable bonds is 10. The van der Waals surface area contributed by atoms with Crippen molar-refractivity contribution in [1.29, 1.82) is 0 Å². The van der Waals surface area contributed by atoms with Crippen LogP contribution in [0.15, 0.2) is 11.8 Å². The molecule has 0 rings (SSSR count). The van der Waals surface area contributed by atoms with Crippen molar-refractivity contribution in [1.82, 2.24) is 10.6 Å². The second kappa shape index (κ2) is 11.9. The minimum Gasteiger partial charge on any atom is -0.302 e. The van der Waals surface area contributed by atoms with Crippen molar-refractivity contribution >= 4 is 10.2 Å². The summed E-state index contributed by atoms with van der Waals surface area (Å²) in [5, 5.41) is 7.13. The van der Waals surface area contributed by atoms with Gasteiger partial charge in [0, 0.05) is 10.2 Å². The summed E-state index contributed by atoms with van der Waals surface area (Å²) in [5.41, 5.74) is 2.26. The third-order valence-electron chi connectivity index (χ3n) is 2.45. The number of unbranched alkanes of at least 4 members (excludes halogenated alkanes) is 2. The molecule has 0 aromatic carbocycles. The summed E-state index contributed by atoms with van der Waals surface area (Å²) in [4.78, 5) is 0. The van der Waals surface area contributed by atoms with Crippen LogP contribution in [0.2, 0.25) is 0 Å². The average molecular weight is 228 g/mol. The molecular weight excluding hydrogens is 200 g/mol. The van der Waals surface area contributed by atoms with Gasteiger partial charge < -0.3 is 10.6 Å². The Hall–Kier alpha value is -0.123. The Morgan fingerprint density at radius 1 is 1.07 bits per heavy atom. The predicted molar refractivity (Wildman–Crippen MR) is 73.3 cm³/mol. The lowest BCUT2D eigenvalue weighted by Gasteiger charge is -2.18. The van der Waals surface area contributed by atoms with E-state index >= 15 is 0 Å². The molecule has 0 saturated heterocycles. The highest BCUT2D eigenvalue weighted by atomic mass is 28.1. The van der Waals surface area contributed by atoms with Crippen LogP contribution in [0.25, 0.3) is 0 Å². The molecule has 90 valence electrons. The summed E-state index contributed by atoms with van der Waals surface area (Å²) in [7, 11) is 1.17. The summed E-state index contributed by atoms with van der Waals surface area (Å²) in [6, 6.07) is 0. The van der Waals surface area contributed by atoms with E-state index in [0.29, 0.717) is 6.17 Å². The van der Waals surface area contributed by atoms with E-state index in [1.165, 1.54) is 35.9 Å². The zero-order valence-corrected chi connectivity index (χ0v) is 12.7. The fraction of sp³-hybridized carbons (Fsp3) is 0.833. The molecule has 3 heteroatoms. The van der Waals surface area contributed by atoms with Crippen molar-refractivity contribution in [3.8, 4) is 0 Å². The van der Waals surface area contributed by atoms with Crippen LogP contribution in [0.3, 0.4) is 0 Å². The Balaban J connectivity index is 3.63. The van der Waals surface area contributed by atoms with Crippen molar-refractivity contribution in [3.63, 3.8) is 0 Å². The van der Waals surface area contributed by atoms with Crippen molar-refractivity contribution < 1.29 is 0 Å². The van der Waals surface area contributed by atoms with E-state index in [1.54, 1.807) is 0 Å². The summed E-state index contributed by atoms with van der Waals surface area (Å²) < 4.78 is 0. The lowest BCUT2D eigenvalue weighted by atomic mass is 10.2. The van der Waals surface area contributed by atoms with Crippen LogP contribution in [-0.2, 0) is 0 Å². The molecule has 0 fully saturated rings. The molecule has 0 radical (unpaired) electrons. The van der Waals surface area contributed by atoms with Crippen molar-refractivity contribution in [2.24, 2.45) is 0 Å². The first-order valence-corrected chi connectivity index (χ1v) is 7.58. The van der Waals surface area contributed by atoms with Crippen LogP contribution in [-0.4, -0.2) is 29.5 Å². The normalized spacial score (nSPS) is 11.9. The first-order valence-electron chi connectivity index (χ1n) is 6.43. The fourth-order valence-electron chi connectivity index (χ4n) is 1.42. The molecule has 0 aliphatic rings. The van der Waals surface area contributed by atoms with Gasteiger partial charge in [0.05, 0.1) is 6.17 Å². The Bertz CT molecular complexity index is 139. The summed E-state index contributed by atoms with van der Waals surface area (Å²) in [5.74, 6) is 0. The molecule has 0 spiro atoms. The zero-order valence-electron chi connectivity index (χ0n) is 10.7. The largest absolute Gasteiger partial charge is 0.302 e. The third kappa shape index (κ3) is 10.2. The summed E-state index contributed by atoms with van der Waals surface area (Å²) in [6.45, 7) is 6.74. The van der Waals surface area contributed by atoms with Gasteiger partial charge in [-0.2, -0.15) is 0 Å². The lowest BCUT2D eigenvalue weighted by molar-refractivity contribution is 0.419. The van der Waals surface area contributed by atoms with Gasteiger partial charge in [0.1, 0.15) is 0 Å². The van der Waals surface area contributed by atoms with Crippen LogP contribution >= 0.6 is 0 Å². The van der Waals surface area contributed by atoms with Gasteiger partial charge in [-0.15, -0.1) is 5.70 Å². The van der Waals surface area contributed by atoms with Gasteiger partial charge in [-0.3, -0.25) is 0 Å².